The second kappa shape index (κ2) is 2.70. The molecular weight excluding hydrogens is 150 g/mol. The monoisotopic (exact) mass is 155 g/mol. The maximum atomic E-state index is 10.6. The van der Waals surface area contributed by atoms with Crippen LogP contribution in [0.5, 0.6) is 0 Å². The third-order valence-electron chi connectivity index (χ3n) is 1.03. The molecule has 0 spiro atoms. The van der Waals surface area contributed by atoms with Crippen molar-refractivity contribution in [3.05, 3.63) is 26.8 Å². The number of amides is 1. The summed E-state index contributed by atoms with van der Waals surface area (Å²) in [6.45, 7) is 1.87. The van der Waals surface area contributed by atoms with Gasteiger partial charge in [0, 0.05) is 10.1 Å². The second-order valence-corrected chi connectivity index (χ2v) is 3.09. The van der Waals surface area contributed by atoms with Crippen molar-refractivity contribution in [2.24, 2.45) is 5.18 Å². The number of carbonyl (C=O) groups is 1. The summed E-state index contributed by atoms with van der Waals surface area (Å²) in [5.41, 5.74) is 0. The lowest BCUT2D eigenvalue weighted by atomic mass is 10.4. The van der Waals surface area contributed by atoms with Crippen molar-refractivity contribution in [1.82, 2.24) is 0 Å². The van der Waals surface area contributed by atoms with Crippen molar-refractivity contribution in [1.29, 1.82) is 0 Å². The van der Waals surface area contributed by atoms with Gasteiger partial charge in [0.15, 0.2) is 0 Å². The minimum Gasteiger partial charge on any atom is -0.262 e. The molecule has 10 heavy (non-hydrogen) atoms. The highest BCUT2D eigenvalue weighted by atomic mass is 32.1. The third-order valence-corrected chi connectivity index (χ3v) is 2.02. The van der Waals surface area contributed by atoms with E-state index in [0.29, 0.717) is 4.88 Å². The normalized spacial score (nSPS) is 9.30. The molecule has 0 bridgehead atoms. The molecule has 3 nitrogen and oxygen atoms in total. The van der Waals surface area contributed by atoms with E-state index >= 15 is 0 Å². The molecule has 4 heteroatoms. The zero-order chi connectivity index (χ0) is 7.56. The minimum atomic E-state index is -0.682. The Balaban J connectivity index is 2.95. The number of thiophene rings is 1. The lowest BCUT2D eigenvalue weighted by Crippen LogP contribution is -1.86. The van der Waals surface area contributed by atoms with Gasteiger partial charge in [-0.2, -0.15) is 0 Å². The van der Waals surface area contributed by atoms with Crippen LogP contribution in [-0.2, 0) is 0 Å². The predicted molar refractivity (Wildman–Crippen MR) is 39.2 cm³/mol. The number of carbonyl (C=O) groups excluding carboxylic acids is 1. The summed E-state index contributed by atoms with van der Waals surface area (Å²) >= 11 is 1.28. The summed E-state index contributed by atoms with van der Waals surface area (Å²) < 4.78 is 0. The Bertz CT molecular complexity index is 266. The number of nitrogens with zero attached hydrogens (tertiary/aromatic N) is 1. The summed E-state index contributed by atoms with van der Waals surface area (Å²) in [5, 5.41) is 2.29. The number of nitroso groups, excluding NO2 is 1. The molecule has 0 aromatic carbocycles. The molecule has 0 aliphatic rings. The van der Waals surface area contributed by atoms with Crippen LogP contribution in [0.15, 0.2) is 17.3 Å². The van der Waals surface area contributed by atoms with Crippen LogP contribution in [0.4, 0.5) is 0 Å². The highest BCUT2D eigenvalue weighted by molar-refractivity contribution is 7.13. The first kappa shape index (κ1) is 7.08. The third kappa shape index (κ3) is 1.27. The summed E-state index contributed by atoms with van der Waals surface area (Å²) in [4.78, 5) is 21.7. The molecule has 1 rings (SSSR count). The molecule has 0 saturated carbocycles. The Morgan fingerprint density at radius 3 is 2.70 bits per heavy atom. The van der Waals surface area contributed by atoms with Crippen molar-refractivity contribution in [2.75, 3.05) is 0 Å². The first-order chi connectivity index (χ1) is 4.74. The Kier molecular flexibility index (Phi) is 1.91. The Morgan fingerprint density at radius 1 is 1.60 bits per heavy atom. The Hall–Kier alpha value is -1.03. The molecule has 0 unspecified atom stereocenters. The first-order valence-corrected chi connectivity index (χ1v) is 3.50. The van der Waals surface area contributed by atoms with E-state index in [9.17, 15) is 9.70 Å². The van der Waals surface area contributed by atoms with Gasteiger partial charge in [0.05, 0.1) is 4.88 Å². The van der Waals surface area contributed by atoms with E-state index < -0.39 is 5.91 Å². The molecule has 0 radical (unpaired) electrons. The molecular formula is C6H5NO2S. The molecule has 52 valence electrons. The first-order valence-electron chi connectivity index (χ1n) is 2.68. The van der Waals surface area contributed by atoms with Crippen molar-refractivity contribution in [3.63, 3.8) is 0 Å². The van der Waals surface area contributed by atoms with Gasteiger partial charge in [0.25, 0.3) is 0 Å². The number of rotatable bonds is 1. The topological polar surface area (TPSA) is 46.5 Å². The van der Waals surface area contributed by atoms with Crippen molar-refractivity contribution in [3.8, 4) is 0 Å². The summed E-state index contributed by atoms with van der Waals surface area (Å²) in [6, 6.07) is 3.38. The zero-order valence-corrected chi connectivity index (χ0v) is 6.14. The fourth-order valence-electron chi connectivity index (χ4n) is 0.594. The number of hydrogen-bond acceptors (Lipinski definition) is 3. The molecule has 1 amide bonds. The van der Waals surface area contributed by atoms with E-state index in [1.807, 2.05) is 6.92 Å². The van der Waals surface area contributed by atoms with Crippen molar-refractivity contribution in [2.45, 2.75) is 6.92 Å². The van der Waals surface area contributed by atoms with Gasteiger partial charge in [-0.25, -0.2) is 0 Å². The fourth-order valence-corrected chi connectivity index (χ4v) is 1.34. The van der Waals surface area contributed by atoms with Gasteiger partial charge < -0.3 is 0 Å². The van der Waals surface area contributed by atoms with Crippen LogP contribution in [-0.4, -0.2) is 5.91 Å². The van der Waals surface area contributed by atoms with Crippen LogP contribution < -0.4 is 0 Å². The highest BCUT2D eigenvalue weighted by Crippen LogP contribution is 2.15. The maximum absolute atomic E-state index is 10.6. The predicted octanol–water partition coefficient (Wildman–Crippen LogP) is 1.96. The number of aryl methyl sites for hydroxylation is 1. The molecule has 0 aliphatic carbocycles. The van der Waals surface area contributed by atoms with Crippen LogP contribution in [0.1, 0.15) is 14.5 Å². The summed E-state index contributed by atoms with van der Waals surface area (Å²) in [5.74, 6) is -0.682. The molecule has 0 N–H and O–H groups in total. The second-order valence-electron chi connectivity index (χ2n) is 1.81. The van der Waals surface area contributed by atoms with E-state index in [-0.39, 0.29) is 0 Å². The molecule has 0 aliphatic heterocycles. The van der Waals surface area contributed by atoms with E-state index in [0.717, 1.165) is 4.88 Å². The molecule has 1 aromatic rings. The Morgan fingerprint density at radius 2 is 2.30 bits per heavy atom. The SMILES string of the molecule is Cc1ccc(C(=O)N=O)s1. The van der Waals surface area contributed by atoms with Crippen LogP contribution in [0, 0.1) is 11.8 Å². The van der Waals surface area contributed by atoms with Gasteiger partial charge in [0.1, 0.15) is 0 Å². The van der Waals surface area contributed by atoms with Crippen molar-refractivity contribution >= 4 is 17.2 Å². The largest absolute Gasteiger partial charge is 0.326 e. The number of hydrogen-bond donors (Lipinski definition) is 0. The quantitative estimate of drug-likeness (QED) is 0.582. The lowest BCUT2D eigenvalue weighted by molar-refractivity contribution is 0.100. The molecule has 0 atom stereocenters. The van der Waals surface area contributed by atoms with E-state index in [1.54, 1.807) is 12.1 Å². The summed E-state index contributed by atoms with van der Waals surface area (Å²) in [7, 11) is 0. The standard InChI is InChI=1S/C6H5NO2S/c1-4-2-3-5(10-4)6(8)7-9/h2-3H,1H3. The van der Waals surface area contributed by atoms with Gasteiger partial charge >= 0.3 is 5.91 Å². The van der Waals surface area contributed by atoms with E-state index in [4.69, 9.17) is 0 Å². The lowest BCUT2D eigenvalue weighted by Gasteiger charge is -1.78. The highest BCUT2D eigenvalue weighted by Gasteiger charge is 2.06. The zero-order valence-electron chi connectivity index (χ0n) is 5.33. The van der Waals surface area contributed by atoms with Gasteiger partial charge in [-0.3, -0.25) is 4.79 Å². The van der Waals surface area contributed by atoms with Gasteiger partial charge in [-0.15, -0.1) is 16.2 Å². The van der Waals surface area contributed by atoms with Crippen LogP contribution in [0.25, 0.3) is 0 Å². The van der Waals surface area contributed by atoms with Crippen LogP contribution in [0.3, 0.4) is 0 Å². The van der Waals surface area contributed by atoms with Gasteiger partial charge in [-0.05, 0) is 19.1 Å². The van der Waals surface area contributed by atoms with E-state index in [1.165, 1.54) is 11.3 Å². The van der Waals surface area contributed by atoms with Crippen LogP contribution in [0.2, 0.25) is 0 Å². The molecule has 1 heterocycles. The van der Waals surface area contributed by atoms with Gasteiger partial charge in [-0.1, -0.05) is 0 Å². The van der Waals surface area contributed by atoms with E-state index in [2.05, 4.69) is 5.18 Å². The van der Waals surface area contributed by atoms with Gasteiger partial charge in [0.2, 0.25) is 0 Å². The molecule has 1 aromatic heterocycles. The average Bonchev–Trinajstić information content (AvgIpc) is 2.34. The molecule has 0 fully saturated rings. The Labute approximate surface area is 61.7 Å². The maximum Gasteiger partial charge on any atom is 0.326 e. The fraction of sp³-hybridized carbons (Fsp3) is 0.167. The average molecular weight is 155 g/mol. The molecule has 0 saturated heterocycles. The van der Waals surface area contributed by atoms with Crippen LogP contribution >= 0.6 is 11.3 Å². The van der Waals surface area contributed by atoms with Crippen molar-refractivity contribution < 1.29 is 4.79 Å². The minimum absolute atomic E-state index is 0.410. The summed E-state index contributed by atoms with van der Waals surface area (Å²) in [6.07, 6.45) is 0. The smallest absolute Gasteiger partial charge is 0.262 e.